The summed E-state index contributed by atoms with van der Waals surface area (Å²) in [7, 11) is 0. The standard InChI is InChI=1S/C25H28FNO2/c1-25(2,16-19-12-14-21(26)15-13-19)27-17-22(28)18-29-24-11-7-6-10-23(24)20-8-4-3-5-9-20/h3-15,22,27-28H,16-18H2,1-2H3/t22-/m0/s1. The van der Waals surface area contributed by atoms with Crippen molar-refractivity contribution in [3.05, 3.63) is 90.2 Å². The number of halogens is 1. The van der Waals surface area contributed by atoms with Crippen LogP contribution in [0.1, 0.15) is 19.4 Å². The predicted octanol–water partition coefficient (Wildman–Crippen LogP) is 4.84. The smallest absolute Gasteiger partial charge is 0.127 e. The summed E-state index contributed by atoms with van der Waals surface area (Å²) in [5.41, 5.74) is 2.90. The van der Waals surface area contributed by atoms with Gasteiger partial charge in [0.05, 0.1) is 0 Å². The van der Waals surface area contributed by atoms with Crippen molar-refractivity contribution in [1.82, 2.24) is 5.32 Å². The van der Waals surface area contributed by atoms with Crippen molar-refractivity contribution in [2.45, 2.75) is 31.9 Å². The normalized spacial score (nSPS) is 12.6. The molecular weight excluding hydrogens is 365 g/mol. The van der Waals surface area contributed by atoms with Gasteiger partial charge in [0.2, 0.25) is 0 Å². The zero-order valence-corrected chi connectivity index (χ0v) is 16.9. The van der Waals surface area contributed by atoms with Crippen LogP contribution in [0.3, 0.4) is 0 Å². The Bertz CT molecular complexity index is 894. The fourth-order valence-electron chi connectivity index (χ4n) is 3.26. The molecule has 3 nitrogen and oxygen atoms in total. The van der Waals surface area contributed by atoms with Crippen LogP contribution in [-0.4, -0.2) is 29.9 Å². The molecule has 0 aromatic heterocycles. The van der Waals surface area contributed by atoms with Gasteiger partial charge in [0, 0.05) is 17.6 Å². The third-order valence-electron chi connectivity index (χ3n) is 4.78. The molecule has 0 aliphatic heterocycles. The van der Waals surface area contributed by atoms with Crippen LogP contribution in [0.2, 0.25) is 0 Å². The Balaban J connectivity index is 1.53. The summed E-state index contributed by atoms with van der Waals surface area (Å²) in [6, 6.07) is 24.4. The van der Waals surface area contributed by atoms with Gasteiger partial charge in [0.25, 0.3) is 0 Å². The minimum absolute atomic E-state index is 0.198. The molecule has 3 aromatic rings. The van der Waals surface area contributed by atoms with Gasteiger partial charge in [-0.05, 0) is 49.6 Å². The number of β-amino-alcohol motifs (C(OH)–C–C–N with tert-alkyl or cyclic N) is 1. The Kier molecular flexibility index (Phi) is 7.02. The van der Waals surface area contributed by atoms with Gasteiger partial charge >= 0.3 is 0 Å². The highest BCUT2D eigenvalue weighted by atomic mass is 19.1. The molecule has 0 aliphatic carbocycles. The summed E-state index contributed by atoms with van der Waals surface area (Å²) < 4.78 is 19.0. The van der Waals surface area contributed by atoms with Gasteiger partial charge in [-0.15, -0.1) is 0 Å². The van der Waals surface area contributed by atoms with E-state index in [1.165, 1.54) is 12.1 Å². The second-order valence-electron chi connectivity index (χ2n) is 7.90. The monoisotopic (exact) mass is 393 g/mol. The van der Waals surface area contributed by atoms with Crippen LogP contribution < -0.4 is 10.1 Å². The fraction of sp³-hybridized carbons (Fsp3) is 0.280. The first kappa shape index (κ1) is 21.0. The van der Waals surface area contributed by atoms with Gasteiger partial charge < -0.3 is 15.2 Å². The molecule has 1 atom stereocenters. The molecule has 0 unspecified atom stereocenters. The molecule has 2 N–H and O–H groups in total. The number of nitrogens with one attached hydrogen (secondary N) is 1. The van der Waals surface area contributed by atoms with Crippen molar-refractivity contribution >= 4 is 0 Å². The van der Waals surface area contributed by atoms with Crippen molar-refractivity contribution in [2.24, 2.45) is 0 Å². The molecule has 152 valence electrons. The summed E-state index contributed by atoms with van der Waals surface area (Å²) in [4.78, 5) is 0. The molecule has 0 spiro atoms. The number of para-hydroxylation sites is 1. The number of hydrogen-bond acceptors (Lipinski definition) is 3. The number of aliphatic hydroxyl groups excluding tert-OH is 1. The van der Waals surface area contributed by atoms with Crippen LogP contribution in [0.5, 0.6) is 5.75 Å². The number of rotatable bonds is 9. The molecule has 0 heterocycles. The average Bonchev–Trinajstić information content (AvgIpc) is 2.73. The van der Waals surface area contributed by atoms with E-state index in [-0.39, 0.29) is 18.0 Å². The lowest BCUT2D eigenvalue weighted by Gasteiger charge is -2.28. The van der Waals surface area contributed by atoms with Crippen molar-refractivity contribution in [3.8, 4) is 16.9 Å². The molecule has 3 aromatic carbocycles. The fourth-order valence-corrected chi connectivity index (χ4v) is 3.26. The summed E-state index contributed by atoms with van der Waals surface area (Å²) >= 11 is 0. The molecule has 0 radical (unpaired) electrons. The third kappa shape index (κ3) is 6.41. The predicted molar refractivity (Wildman–Crippen MR) is 116 cm³/mol. The Hall–Kier alpha value is -2.69. The Morgan fingerprint density at radius 2 is 1.59 bits per heavy atom. The van der Waals surface area contributed by atoms with E-state index in [1.807, 2.05) is 54.6 Å². The summed E-state index contributed by atoms with van der Waals surface area (Å²) in [5, 5.41) is 13.8. The molecule has 0 saturated heterocycles. The van der Waals surface area contributed by atoms with Crippen LogP contribution in [0.4, 0.5) is 4.39 Å². The SMILES string of the molecule is CC(C)(Cc1ccc(F)cc1)NC[C@H](O)COc1ccccc1-c1ccccc1. The van der Waals surface area contributed by atoms with Gasteiger partial charge in [-0.25, -0.2) is 4.39 Å². The topological polar surface area (TPSA) is 41.5 Å². The minimum Gasteiger partial charge on any atom is -0.490 e. The van der Waals surface area contributed by atoms with Crippen LogP contribution in [0.25, 0.3) is 11.1 Å². The molecule has 29 heavy (non-hydrogen) atoms. The van der Waals surface area contributed by atoms with E-state index in [0.29, 0.717) is 6.54 Å². The summed E-state index contributed by atoms with van der Waals surface area (Å²) in [5.74, 6) is 0.520. The van der Waals surface area contributed by atoms with Crippen molar-refractivity contribution in [1.29, 1.82) is 0 Å². The Labute approximate surface area is 172 Å². The van der Waals surface area contributed by atoms with Crippen LogP contribution in [-0.2, 0) is 6.42 Å². The third-order valence-corrected chi connectivity index (χ3v) is 4.78. The number of hydrogen-bond donors (Lipinski definition) is 2. The van der Waals surface area contributed by atoms with Gasteiger partial charge in [-0.3, -0.25) is 0 Å². The molecule has 3 rings (SSSR count). The maximum absolute atomic E-state index is 13.1. The summed E-state index contributed by atoms with van der Waals surface area (Å²) in [6.45, 7) is 4.73. The van der Waals surface area contributed by atoms with E-state index in [1.54, 1.807) is 12.1 Å². The highest BCUT2D eigenvalue weighted by Crippen LogP contribution is 2.29. The molecule has 0 bridgehead atoms. The van der Waals surface area contributed by atoms with Gasteiger partial charge in [0.1, 0.15) is 24.3 Å². The Morgan fingerprint density at radius 3 is 2.31 bits per heavy atom. The van der Waals surface area contributed by atoms with E-state index in [4.69, 9.17) is 4.74 Å². The van der Waals surface area contributed by atoms with Crippen LogP contribution in [0, 0.1) is 5.82 Å². The lowest BCUT2D eigenvalue weighted by Crippen LogP contribution is -2.46. The molecule has 0 fully saturated rings. The largest absolute Gasteiger partial charge is 0.490 e. The number of benzene rings is 3. The molecule has 0 saturated carbocycles. The molecule has 0 aliphatic rings. The van der Waals surface area contributed by atoms with Crippen LogP contribution in [0.15, 0.2) is 78.9 Å². The summed E-state index contributed by atoms with van der Waals surface area (Å²) in [6.07, 6.45) is 0.0869. The minimum atomic E-state index is -0.647. The molecular formula is C25H28FNO2. The van der Waals surface area contributed by atoms with Gasteiger partial charge in [0.15, 0.2) is 0 Å². The lowest BCUT2D eigenvalue weighted by atomic mass is 9.94. The van der Waals surface area contributed by atoms with E-state index < -0.39 is 6.10 Å². The van der Waals surface area contributed by atoms with E-state index in [0.717, 1.165) is 28.9 Å². The van der Waals surface area contributed by atoms with Crippen LogP contribution >= 0.6 is 0 Å². The lowest BCUT2D eigenvalue weighted by molar-refractivity contribution is 0.0991. The first-order chi connectivity index (χ1) is 13.9. The average molecular weight is 394 g/mol. The Morgan fingerprint density at radius 1 is 0.931 bits per heavy atom. The highest BCUT2D eigenvalue weighted by Gasteiger charge is 2.19. The quantitative estimate of drug-likeness (QED) is 0.546. The number of aliphatic hydroxyl groups is 1. The number of ether oxygens (including phenoxy) is 1. The molecule has 0 amide bonds. The highest BCUT2D eigenvalue weighted by molar-refractivity contribution is 5.70. The second-order valence-corrected chi connectivity index (χ2v) is 7.90. The van der Waals surface area contributed by atoms with Crippen molar-refractivity contribution in [2.75, 3.05) is 13.2 Å². The van der Waals surface area contributed by atoms with Crippen molar-refractivity contribution < 1.29 is 14.2 Å². The second kappa shape index (κ2) is 9.68. The van der Waals surface area contributed by atoms with E-state index >= 15 is 0 Å². The zero-order chi connectivity index (χ0) is 20.7. The maximum atomic E-state index is 13.1. The van der Waals surface area contributed by atoms with Gasteiger partial charge in [-0.1, -0.05) is 60.7 Å². The van der Waals surface area contributed by atoms with Gasteiger partial charge in [-0.2, -0.15) is 0 Å². The maximum Gasteiger partial charge on any atom is 0.127 e. The van der Waals surface area contributed by atoms with Crippen molar-refractivity contribution in [3.63, 3.8) is 0 Å². The van der Waals surface area contributed by atoms with E-state index in [2.05, 4.69) is 19.2 Å². The zero-order valence-electron chi connectivity index (χ0n) is 16.9. The van der Waals surface area contributed by atoms with E-state index in [9.17, 15) is 9.50 Å². The molecule has 4 heteroatoms. The first-order valence-corrected chi connectivity index (χ1v) is 9.88. The first-order valence-electron chi connectivity index (χ1n) is 9.88.